The van der Waals surface area contributed by atoms with Gasteiger partial charge >= 0.3 is 5.97 Å². The van der Waals surface area contributed by atoms with Crippen molar-refractivity contribution in [1.82, 2.24) is 0 Å². The Labute approximate surface area is 156 Å². The molecule has 0 atom stereocenters. The molecular weight excluding hydrogens is 360 g/mol. The minimum Gasteiger partial charge on any atom is -0.494 e. The van der Waals surface area contributed by atoms with Crippen LogP contribution in [0.4, 0.5) is 0 Å². The van der Waals surface area contributed by atoms with E-state index in [1.54, 1.807) is 36.4 Å². The van der Waals surface area contributed by atoms with E-state index in [0.717, 1.165) is 5.75 Å². The van der Waals surface area contributed by atoms with Crippen LogP contribution in [0.15, 0.2) is 36.4 Å². The highest BCUT2D eigenvalue weighted by molar-refractivity contribution is 6.32. The van der Waals surface area contributed by atoms with Gasteiger partial charge < -0.3 is 23.7 Å². The SMILES string of the molecule is CCOc1ccc(OCC(=O)OCc2cc(Cl)c3c(c2)OCCO3)cc1. The number of carbonyl (C=O) groups excluding carboxylic acids is 1. The number of hydrogen-bond donors (Lipinski definition) is 0. The third-order valence-corrected chi connectivity index (χ3v) is 3.83. The van der Waals surface area contributed by atoms with Gasteiger partial charge in [-0.1, -0.05) is 11.6 Å². The van der Waals surface area contributed by atoms with E-state index in [0.29, 0.717) is 47.7 Å². The van der Waals surface area contributed by atoms with Gasteiger partial charge in [-0.3, -0.25) is 0 Å². The molecule has 1 aliphatic heterocycles. The number of benzene rings is 2. The van der Waals surface area contributed by atoms with Gasteiger partial charge in [0.2, 0.25) is 0 Å². The summed E-state index contributed by atoms with van der Waals surface area (Å²) in [4.78, 5) is 11.9. The maximum atomic E-state index is 11.9. The van der Waals surface area contributed by atoms with Crippen LogP contribution in [0.1, 0.15) is 12.5 Å². The van der Waals surface area contributed by atoms with E-state index in [4.69, 9.17) is 35.3 Å². The molecule has 0 spiro atoms. The number of halogens is 1. The number of ether oxygens (including phenoxy) is 5. The second-order valence-corrected chi connectivity index (χ2v) is 5.86. The van der Waals surface area contributed by atoms with Crippen LogP contribution in [0.3, 0.4) is 0 Å². The van der Waals surface area contributed by atoms with Crippen molar-refractivity contribution in [3.8, 4) is 23.0 Å². The monoisotopic (exact) mass is 378 g/mol. The predicted octanol–water partition coefficient (Wildman–Crippen LogP) is 3.63. The molecule has 0 saturated heterocycles. The maximum absolute atomic E-state index is 11.9. The van der Waals surface area contributed by atoms with Crippen molar-refractivity contribution < 1.29 is 28.5 Å². The third-order valence-electron chi connectivity index (χ3n) is 3.55. The minimum absolute atomic E-state index is 0.0713. The summed E-state index contributed by atoms with van der Waals surface area (Å²) >= 11 is 6.16. The first-order chi connectivity index (χ1) is 12.7. The topological polar surface area (TPSA) is 63.2 Å². The summed E-state index contributed by atoms with van der Waals surface area (Å²) in [5.41, 5.74) is 0.716. The normalized spacial score (nSPS) is 12.4. The first kappa shape index (κ1) is 18.2. The third kappa shape index (κ3) is 4.73. The van der Waals surface area contributed by atoms with Crippen molar-refractivity contribution >= 4 is 17.6 Å². The van der Waals surface area contributed by atoms with E-state index in [1.165, 1.54) is 0 Å². The molecule has 0 amide bonds. The van der Waals surface area contributed by atoms with Crippen molar-refractivity contribution in [2.75, 3.05) is 26.4 Å². The smallest absolute Gasteiger partial charge is 0.344 e. The molecule has 6 nitrogen and oxygen atoms in total. The van der Waals surface area contributed by atoms with Crippen LogP contribution in [0.2, 0.25) is 5.02 Å². The van der Waals surface area contributed by atoms with Crippen LogP contribution < -0.4 is 18.9 Å². The molecule has 0 saturated carbocycles. The molecule has 7 heteroatoms. The second kappa shape index (κ2) is 8.67. The summed E-state index contributed by atoms with van der Waals surface area (Å²) in [7, 11) is 0. The van der Waals surface area contributed by atoms with Crippen LogP contribution in [0.25, 0.3) is 0 Å². The Hall–Kier alpha value is -2.60. The number of fused-ring (bicyclic) bond motifs is 1. The van der Waals surface area contributed by atoms with Crippen LogP contribution in [-0.4, -0.2) is 32.4 Å². The Morgan fingerprint density at radius 3 is 2.50 bits per heavy atom. The molecular formula is C19H19ClO6. The van der Waals surface area contributed by atoms with E-state index in [2.05, 4.69) is 0 Å². The Morgan fingerprint density at radius 2 is 1.77 bits per heavy atom. The molecule has 3 rings (SSSR count). The maximum Gasteiger partial charge on any atom is 0.344 e. The molecule has 2 aromatic carbocycles. The summed E-state index contributed by atoms with van der Waals surface area (Å²) < 4.78 is 26.9. The summed E-state index contributed by atoms with van der Waals surface area (Å²) in [5.74, 6) is 1.91. The quantitative estimate of drug-likeness (QED) is 0.685. The van der Waals surface area contributed by atoms with Gasteiger partial charge in [-0.2, -0.15) is 0 Å². The van der Waals surface area contributed by atoms with E-state index >= 15 is 0 Å². The first-order valence-electron chi connectivity index (χ1n) is 8.25. The molecule has 0 N–H and O–H groups in total. The molecule has 138 valence electrons. The fraction of sp³-hybridized carbons (Fsp3) is 0.316. The molecule has 0 fully saturated rings. The van der Waals surface area contributed by atoms with Crippen molar-refractivity contribution in [2.45, 2.75) is 13.5 Å². The first-order valence-corrected chi connectivity index (χ1v) is 8.63. The summed E-state index contributed by atoms with van der Waals surface area (Å²) in [6.45, 7) is 3.31. The zero-order valence-corrected chi connectivity index (χ0v) is 15.1. The number of carbonyl (C=O) groups is 1. The molecule has 26 heavy (non-hydrogen) atoms. The zero-order chi connectivity index (χ0) is 18.4. The Bertz CT molecular complexity index is 759. The predicted molar refractivity (Wildman–Crippen MR) is 95.3 cm³/mol. The highest BCUT2D eigenvalue weighted by Crippen LogP contribution is 2.38. The van der Waals surface area contributed by atoms with E-state index in [-0.39, 0.29) is 13.2 Å². The average molecular weight is 379 g/mol. The highest BCUT2D eigenvalue weighted by Gasteiger charge is 2.17. The van der Waals surface area contributed by atoms with Crippen LogP contribution >= 0.6 is 11.6 Å². The summed E-state index contributed by atoms with van der Waals surface area (Å²) in [5, 5.41) is 0.430. The Balaban J connectivity index is 1.49. The van der Waals surface area contributed by atoms with Crippen LogP contribution in [0.5, 0.6) is 23.0 Å². The number of esters is 1. The molecule has 2 aromatic rings. The van der Waals surface area contributed by atoms with Gasteiger partial charge in [0.05, 0.1) is 11.6 Å². The van der Waals surface area contributed by atoms with Crippen LogP contribution in [-0.2, 0) is 16.1 Å². The average Bonchev–Trinajstić information content (AvgIpc) is 2.66. The number of rotatable bonds is 7. The van der Waals surface area contributed by atoms with Crippen LogP contribution in [0, 0.1) is 0 Å². The lowest BCUT2D eigenvalue weighted by molar-refractivity contribution is -0.147. The zero-order valence-electron chi connectivity index (χ0n) is 14.3. The molecule has 0 radical (unpaired) electrons. The molecule has 0 bridgehead atoms. The van der Waals surface area contributed by atoms with Crippen molar-refractivity contribution in [3.63, 3.8) is 0 Å². The van der Waals surface area contributed by atoms with Gasteiger partial charge in [-0.15, -0.1) is 0 Å². The lowest BCUT2D eigenvalue weighted by atomic mass is 10.2. The van der Waals surface area contributed by atoms with Gasteiger partial charge in [-0.05, 0) is 48.9 Å². The molecule has 0 aromatic heterocycles. The van der Waals surface area contributed by atoms with E-state index < -0.39 is 5.97 Å². The largest absolute Gasteiger partial charge is 0.494 e. The summed E-state index contributed by atoms with van der Waals surface area (Å²) in [6, 6.07) is 10.5. The van der Waals surface area contributed by atoms with E-state index in [9.17, 15) is 4.79 Å². The fourth-order valence-corrected chi connectivity index (χ4v) is 2.68. The van der Waals surface area contributed by atoms with Gasteiger partial charge in [-0.25, -0.2) is 4.79 Å². The van der Waals surface area contributed by atoms with Gasteiger partial charge in [0.25, 0.3) is 0 Å². The van der Waals surface area contributed by atoms with Crippen molar-refractivity contribution in [2.24, 2.45) is 0 Å². The summed E-state index contributed by atoms with van der Waals surface area (Å²) in [6.07, 6.45) is 0. The highest BCUT2D eigenvalue weighted by atomic mass is 35.5. The Morgan fingerprint density at radius 1 is 1.08 bits per heavy atom. The fourth-order valence-electron chi connectivity index (χ4n) is 2.39. The van der Waals surface area contributed by atoms with Gasteiger partial charge in [0.1, 0.15) is 31.3 Å². The van der Waals surface area contributed by atoms with Gasteiger partial charge in [0.15, 0.2) is 18.1 Å². The lowest BCUT2D eigenvalue weighted by Crippen LogP contribution is -2.17. The molecule has 0 aliphatic carbocycles. The standard InChI is InChI=1S/C19H19ClO6/c1-2-22-14-3-5-15(6-4-14)25-12-18(21)26-11-13-9-16(20)19-17(10-13)23-7-8-24-19/h3-6,9-10H,2,7-8,11-12H2,1H3. The van der Waals surface area contributed by atoms with Crippen molar-refractivity contribution in [1.29, 1.82) is 0 Å². The molecule has 1 heterocycles. The lowest BCUT2D eigenvalue weighted by Gasteiger charge is -2.20. The minimum atomic E-state index is -0.482. The molecule has 1 aliphatic rings. The van der Waals surface area contributed by atoms with Gasteiger partial charge in [0, 0.05) is 0 Å². The Kier molecular flexibility index (Phi) is 6.07. The second-order valence-electron chi connectivity index (χ2n) is 5.46. The number of hydrogen-bond acceptors (Lipinski definition) is 6. The van der Waals surface area contributed by atoms with E-state index in [1.807, 2.05) is 6.92 Å². The van der Waals surface area contributed by atoms with Crippen molar-refractivity contribution in [3.05, 3.63) is 47.0 Å². The molecule has 0 unspecified atom stereocenters.